The minimum Gasteiger partial charge on any atom is -0.348 e. The summed E-state index contributed by atoms with van der Waals surface area (Å²) in [6.07, 6.45) is 1.97. The van der Waals surface area contributed by atoms with Crippen molar-refractivity contribution in [2.24, 2.45) is 7.05 Å². The van der Waals surface area contributed by atoms with Crippen LogP contribution in [-0.4, -0.2) is 20.4 Å². The molecule has 2 heterocycles. The van der Waals surface area contributed by atoms with Crippen LogP contribution in [0.25, 0.3) is 11.0 Å². The van der Waals surface area contributed by atoms with Gasteiger partial charge in [-0.15, -0.1) is 0 Å². The molecule has 0 bridgehead atoms. The van der Waals surface area contributed by atoms with Gasteiger partial charge < -0.3 is 5.32 Å². The molecule has 144 valence electrons. The fourth-order valence-corrected chi connectivity index (χ4v) is 3.34. The lowest BCUT2D eigenvalue weighted by Crippen LogP contribution is -2.32. The quantitative estimate of drug-likeness (QED) is 0.705. The van der Waals surface area contributed by atoms with Gasteiger partial charge in [-0.05, 0) is 43.0 Å². The maximum Gasteiger partial charge on any atom is 0.329 e. The van der Waals surface area contributed by atoms with Gasteiger partial charge in [0.25, 0.3) is 11.5 Å². The minimum absolute atomic E-state index is 0.122. The van der Waals surface area contributed by atoms with Crippen molar-refractivity contribution in [3.63, 3.8) is 0 Å². The summed E-state index contributed by atoms with van der Waals surface area (Å²) in [5, 5.41) is 3.64. The molecule has 3 aromatic rings. The second kappa shape index (κ2) is 6.91. The van der Waals surface area contributed by atoms with E-state index in [-0.39, 0.29) is 28.4 Å². The Morgan fingerprint density at radius 2 is 2.07 bits per heavy atom. The molecule has 4 rings (SSSR count). The van der Waals surface area contributed by atoms with Crippen LogP contribution in [0.3, 0.4) is 0 Å². The average Bonchev–Trinajstić information content (AvgIpc) is 3.51. The van der Waals surface area contributed by atoms with Gasteiger partial charge in [-0.25, -0.2) is 9.78 Å². The molecule has 2 N–H and O–H groups in total. The van der Waals surface area contributed by atoms with Gasteiger partial charge in [0.2, 0.25) is 0 Å². The molecule has 1 aliphatic rings. The van der Waals surface area contributed by atoms with Crippen LogP contribution in [0.2, 0.25) is 5.02 Å². The van der Waals surface area contributed by atoms with Gasteiger partial charge in [-0.3, -0.25) is 19.1 Å². The Morgan fingerprint density at radius 1 is 1.32 bits per heavy atom. The van der Waals surface area contributed by atoms with Crippen molar-refractivity contribution in [1.29, 1.82) is 0 Å². The van der Waals surface area contributed by atoms with Crippen LogP contribution in [0, 0.1) is 6.92 Å². The number of halogens is 1. The largest absolute Gasteiger partial charge is 0.348 e. The zero-order chi connectivity index (χ0) is 20.0. The Labute approximate surface area is 165 Å². The highest BCUT2D eigenvalue weighted by atomic mass is 35.5. The molecule has 0 unspecified atom stereocenters. The van der Waals surface area contributed by atoms with E-state index in [9.17, 15) is 14.4 Å². The number of aromatic nitrogens is 3. The molecule has 0 atom stereocenters. The summed E-state index contributed by atoms with van der Waals surface area (Å²) >= 11 is 6.04. The van der Waals surface area contributed by atoms with Crippen LogP contribution in [0.5, 0.6) is 0 Å². The average molecular weight is 399 g/mol. The summed E-state index contributed by atoms with van der Waals surface area (Å²) in [5.41, 5.74) is 1.85. The molecular weight excluding hydrogens is 380 g/mol. The van der Waals surface area contributed by atoms with E-state index in [0.29, 0.717) is 11.6 Å². The first-order valence-corrected chi connectivity index (χ1v) is 9.40. The lowest BCUT2D eigenvalue weighted by Gasteiger charge is -2.12. The molecule has 1 aromatic carbocycles. The van der Waals surface area contributed by atoms with Crippen LogP contribution < -0.4 is 16.6 Å². The van der Waals surface area contributed by atoms with E-state index in [1.54, 1.807) is 12.1 Å². The van der Waals surface area contributed by atoms with E-state index in [0.717, 1.165) is 29.7 Å². The first-order valence-electron chi connectivity index (χ1n) is 9.02. The molecule has 1 fully saturated rings. The van der Waals surface area contributed by atoms with Gasteiger partial charge in [0, 0.05) is 30.2 Å². The maximum atomic E-state index is 12.9. The third-order valence-electron chi connectivity index (χ3n) is 5.01. The van der Waals surface area contributed by atoms with E-state index < -0.39 is 11.2 Å². The van der Waals surface area contributed by atoms with Crippen molar-refractivity contribution < 1.29 is 4.79 Å². The van der Waals surface area contributed by atoms with Gasteiger partial charge in [0.15, 0.2) is 0 Å². The van der Waals surface area contributed by atoms with Crippen molar-refractivity contribution >= 4 is 28.5 Å². The summed E-state index contributed by atoms with van der Waals surface area (Å²) in [7, 11) is 1.53. The number of nitrogens with one attached hydrogen (secondary N) is 2. The lowest BCUT2D eigenvalue weighted by molar-refractivity contribution is 0.0952. The number of pyridine rings is 1. The summed E-state index contributed by atoms with van der Waals surface area (Å²) in [6.45, 7) is 2.19. The molecule has 1 amide bonds. The van der Waals surface area contributed by atoms with Crippen molar-refractivity contribution in [3.8, 4) is 0 Å². The smallest absolute Gasteiger partial charge is 0.329 e. The fraction of sp³-hybridized carbons (Fsp3) is 0.300. The van der Waals surface area contributed by atoms with Crippen LogP contribution >= 0.6 is 11.6 Å². The minimum atomic E-state index is -0.611. The topological polar surface area (TPSA) is 96.8 Å². The van der Waals surface area contributed by atoms with E-state index in [2.05, 4.69) is 15.3 Å². The molecule has 0 saturated heterocycles. The number of nitrogens with zero attached hydrogens (tertiary/aromatic N) is 2. The molecule has 0 radical (unpaired) electrons. The number of carbonyl (C=O) groups is 1. The molecule has 7 nitrogen and oxygen atoms in total. The summed E-state index contributed by atoms with van der Waals surface area (Å²) in [6, 6.07) is 7.19. The highest BCUT2D eigenvalue weighted by Gasteiger charge is 2.28. The number of fused-ring (bicyclic) bond motifs is 1. The first-order chi connectivity index (χ1) is 13.3. The van der Waals surface area contributed by atoms with Crippen LogP contribution in [0.4, 0.5) is 0 Å². The SMILES string of the molecule is Cc1cc(CNC(=O)c2cc(C3CC3)nc3c2c(=O)[nH]c(=O)n3C)ccc1Cl. The molecular formula is C20H19ClN4O3. The van der Waals surface area contributed by atoms with Gasteiger partial charge in [-0.2, -0.15) is 0 Å². The third-order valence-corrected chi connectivity index (χ3v) is 5.43. The van der Waals surface area contributed by atoms with Crippen molar-refractivity contribution in [2.45, 2.75) is 32.2 Å². The van der Waals surface area contributed by atoms with Gasteiger partial charge >= 0.3 is 5.69 Å². The molecule has 1 saturated carbocycles. The van der Waals surface area contributed by atoms with Gasteiger partial charge in [0.1, 0.15) is 5.65 Å². The number of benzene rings is 1. The van der Waals surface area contributed by atoms with E-state index in [1.165, 1.54) is 11.6 Å². The van der Waals surface area contributed by atoms with Crippen LogP contribution in [0.1, 0.15) is 45.9 Å². The number of aryl methyl sites for hydroxylation is 2. The van der Waals surface area contributed by atoms with Gasteiger partial charge in [0.05, 0.1) is 10.9 Å². The maximum absolute atomic E-state index is 12.9. The molecule has 28 heavy (non-hydrogen) atoms. The van der Waals surface area contributed by atoms with E-state index in [1.807, 2.05) is 19.1 Å². The van der Waals surface area contributed by atoms with E-state index >= 15 is 0 Å². The number of rotatable bonds is 4. The summed E-state index contributed by atoms with van der Waals surface area (Å²) in [4.78, 5) is 44.0. The Kier molecular flexibility index (Phi) is 4.55. The summed E-state index contributed by atoms with van der Waals surface area (Å²) in [5.74, 6) is -0.115. The van der Waals surface area contributed by atoms with Crippen LogP contribution in [-0.2, 0) is 13.6 Å². The van der Waals surface area contributed by atoms with Gasteiger partial charge in [-0.1, -0.05) is 23.7 Å². The first kappa shape index (κ1) is 18.4. The standard InChI is InChI=1S/C20H19ClN4O3/c1-10-7-11(3-6-14(10)21)9-22-18(26)13-8-15(12-4-5-12)23-17-16(13)19(27)24-20(28)25(17)2/h3,6-8,12H,4-5,9H2,1-2H3,(H,22,26)(H,24,27,28). The number of hydrogen-bond acceptors (Lipinski definition) is 4. The third kappa shape index (κ3) is 3.33. The molecule has 0 aliphatic heterocycles. The zero-order valence-corrected chi connectivity index (χ0v) is 16.3. The molecule has 0 spiro atoms. The number of amides is 1. The number of H-pyrrole nitrogens is 1. The summed E-state index contributed by atoms with van der Waals surface area (Å²) < 4.78 is 1.27. The van der Waals surface area contributed by atoms with Crippen molar-refractivity contribution in [2.75, 3.05) is 0 Å². The Balaban J connectivity index is 1.75. The second-order valence-corrected chi connectivity index (χ2v) is 7.56. The Bertz CT molecular complexity index is 1220. The predicted molar refractivity (Wildman–Crippen MR) is 107 cm³/mol. The van der Waals surface area contributed by atoms with Crippen LogP contribution in [0.15, 0.2) is 33.9 Å². The second-order valence-electron chi connectivity index (χ2n) is 7.15. The highest BCUT2D eigenvalue weighted by Crippen LogP contribution is 2.39. The van der Waals surface area contributed by atoms with E-state index in [4.69, 9.17) is 11.6 Å². The Morgan fingerprint density at radius 3 is 2.75 bits per heavy atom. The molecule has 2 aromatic heterocycles. The molecule has 1 aliphatic carbocycles. The predicted octanol–water partition coefficient (Wildman–Crippen LogP) is 2.39. The molecule has 8 heteroatoms. The number of carbonyl (C=O) groups excluding carboxylic acids is 1. The number of hydrogen-bond donors (Lipinski definition) is 2. The zero-order valence-electron chi connectivity index (χ0n) is 15.5. The Hall–Kier alpha value is -2.93. The van der Waals surface area contributed by atoms with Crippen molar-refractivity contribution in [3.05, 3.63) is 72.5 Å². The lowest BCUT2D eigenvalue weighted by atomic mass is 10.1. The normalized spacial score (nSPS) is 13.7. The van der Waals surface area contributed by atoms with Crippen molar-refractivity contribution in [1.82, 2.24) is 19.9 Å². The number of aromatic amines is 1. The fourth-order valence-electron chi connectivity index (χ4n) is 3.22. The highest BCUT2D eigenvalue weighted by molar-refractivity contribution is 6.31. The monoisotopic (exact) mass is 398 g/mol.